The Labute approximate surface area is 107 Å². The monoisotopic (exact) mass is 255 g/mol. The Morgan fingerprint density at radius 2 is 2.28 bits per heavy atom. The van der Waals surface area contributed by atoms with Crippen molar-refractivity contribution in [1.29, 1.82) is 0 Å². The molecule has 1 heterocycles. The van der Waals surface area contributed by atoms with E-state index in [1.165, 1.54) is 6.07 Å². The molecular weight excluding hydrogens is 234 g/mol. The van der Waals surface area contributed by atoms with E-state index in [0.29, 0.717) is 0 Å². The predicted octanol–water partition coefficient (Wildman–Crippen LogP) is 0.625. The van der Waals surface area contributed by atoms with Crippen LogP contribution in [0.1, 0.15) is 37.0 Å². The first-order valence-corrected chi connectivity index (χ1v) is 6.07. The lowest BCUT2D eigenvalue weighted by Gasteiger charge is -2.29. The third-order valence-corrected chi connectivity index (χ3v) is 3.22. The van der Waals surface area contributed by atoms with Gasteiger partial charge in [0.05, 0.1) is 0 Å². The van der Waals surface area contributed by atoms with Crippen molar-refractivity contribution >= 4 is 5.91 Å². The second kappa shape index (κ2) is 6.51. The minimum absolute atomic E-state index is 0.00303. The van der Waals surface area contributed by atoms with Gasteiger partial charge in [0.15, 0.2) is 11.5 Å². The maximum Gasteiger partial charge on any atom is 0.273 e. The molecule has 0 bridgehead atoms. The molecule has 1 rings (SSSR count). The summed E-state index contributed by atoms with van der Waals surface area (Å²) in [4.78, 5) is 14.0. The smallest absolute Gasteiger partial charge is 0.273 e. The summed E-state index contributed by atoms with van der Waals surface area (Å²) in [7, 11) is 2.01. The third-order valence-electron chi connectivity index (χ3n) is 3.22. The Balaban J connectivity index is 2.58. The minimum atomic E-state index is -0.290. The van der Waals surface area contributed by atoms with Crippen molar-refractivity contribution in [2.75, 3.05) is 13.6 Å². The standard InChI is InChI=1S/C12H21N3O3/c1-5-15(4)9(3)8(2)13-12(17)11-6-10(7-16)18-14-11/h6,8-9,16H,5,7H2,1-4H3,(H,13,17). The number of rotatable bonds is 6. The van der Waals surface area contributed by atoms with Crippen LogP contribution in [0.2, 0.25) is 0 Å². The highest BCUT2D eigenvalue weighted by molar-refractivity contribution is 5.92. The molecule has 1 amide bonds. The van der Waals surface area contributed by atoms with Gasteiger partial charge in [-0.05, 0) is 27.4 Å². The fraction of sp³-hybridized carbons (Fsp3) is 0.667. The van der Waals surface area contributed by atoms with Crippen LogP contribution in [0.25, 0.3) is 0 Å². The highest BCUT2D eigenvalue weighted by atomic mass is 16.5. The molecule has 18 heavy (non-hydrogen) atoms. The number of aliphatic hydroxyl groups excluding tert-OH is 1. The summed E-state index contributed by atoms with van der Waals surface area (Å²) in [6.45, 7) is 6.72. The van der Waals surface area contributed by atoms with Crippen molar-refractivity contribution in [3.05, 3.63) is 17.5 Å². The molecule has 2 N–H and O–H groups in total. The van der Waals surface area contributed by atoms with Crippen LogP contribution in [0.3, 0.4) is 0 Å². The van der Waals surface area contributed by atoms with Gasteiger partial charge in [-0.3, -0.25) is 4.79 Å². The van der Waals surface area contributed by atoms with Gasteiger partial charge in [-0.15, -0.1) is 0 Å². The number of nitrogens with zero attached hydrogens (tertiary/aromatic N) is 2. The van der Waals surface area contributed by atoms with Crippen molar-refractivity contribution in [1.82, 2.24) is 15.4 Å². The topological polar surface area (TPSA) is 78.6 Å². The average molecular weight is 255 g/mol. The first-order chi connectivity index (χ1) is 8.49. The van der Waals surface area contributed by atoms with E-state index in [0.717, 1.165) is 6.54 Å². The first kappa shape index (κ1) is 14.7. The average Bonchev–Trinajstić information content (AvgIpc) is 2.85. The molecule has 2 atom stereocenters. The van der Waals surface area contributed by atoms with E-state index >= 15 is 0 Å². The molecule has 0 spiro atoms. The Hall–Kier alpha value is -1.40. The Bertz CT molecular complexity index is 392. The van der Waals surface area contributed by atoms with Crippen LogP contribution in [0.4, 0.5) is 0 Å². The normalized spacial score (nSPS) is 14.6. The lowest BCUT2D eigenvalue weighted by atomic mass is 10.1. The molecule has 6 heteroatoms. The Kier molecular flexibility index (Phi) is 5.30. The molecule has 0 radical (unpaired) electrons. The van der Waals surface area contributed by atoms with Crippen LogP contribution in [-0.4, -0.2) is 46.7 Å². The van der Waals surface area contributed by atoms with Gasteiger partial charge in [-0.1, -0.05) is 12.1 Å². The van der Waals surface area contributed by atoms with Crippen LogP contribution in [-0.2, 0) is 6.61 Å². The van der Waals surface area contributed by atoms with Crippen molar-refractivity contribution in [2.24, 2.45) is 0 Å². The summed E-state index contributed by atoms with van der Waals surface area (Å²) in [5, 5.41) is 15.3. The Morgan fingerprint density at radius 1 is 1.61 bits per heavy atom. The lowest BCUT2D eigenvalue weighted by molar-refractivity contribution is 0.0905. The summed E-state index contributed by atoms with van der Waals surface area (Å²) < 4.78 is 4.77. The third kappa shape index (κ3) is 3.54. The number of amides is 1. The number of likely N-dealkylation sites (N-methyl/N-ethyl adjacent to an activating group) is 1. The number of aromatic nitrogens is 1. The van der Waals surface area contributed by atoms with E-state index in [1.807, 2.05) is 14.0 Å². The molecule has 2 unspecified atom stereocenters. The summed E-state index contributed by atoms with van der Waals surface area (Å²) in [6.07, 6.45) is 0. The SMILES string of the molecule is CCN(C)C(C)C(C)NC(=O)c1cc(CO)on1. The summed E-state index contributed by atoms with van der Waals surface area (Å²) >= 11 is 0. The number of aliphatic hydroxyl groups is 1. The van der Waals surface area contributed by atoms with E-state index in [1.54, 1.807) is 0 Å². The van der Waals surface area contributed by atoms with Crippen molar-refractivity contribution in [3.63, 3.8) is 0 Å². The van der Waals surface area contributed by atoms with Gasteiger partial charge in [-0.2, -0.15) is 0 Å². The molecular formula is C12H21N3O3. The largest absolute Gasteiger partial charge is 0.388 e. The van der Waals surface area contributed by atoms with Crippen LogP contribution in [0, 0.1) is 0 Å². The second-order valence-electron chi connectivity index (χ2n) is 4.41. The molecule has 0 saturated heterocycles. The molecule has 6 nitrogen and oxygen atoms in total. The van der Waals surface area contributed by atoms with Crippen LogP contribution in [0.15, 0.2) is 10.6 Å². The number of hydrogen-bond acceptors (Lipinski definition) is 5. The zero-order valence-electron chi connectivity index (χ0n) is 11.3. The molecule has 0 aliphatic heterocycles. The summed E-state index contributed by atoms with van der Waals surface area (Å²) in [5.41, 5.74) is 0.192. The number of nitrogens with one attached hydrogen (secondary N) is 1. The van der Waals surface area contributed by atoms with Gasteiger partial charge < -0.3 is 19.8 Å². The van der Waals surface area contributed by atoms with Crippen molar-refractivity contribution < 1.29 is 14.4 Å². The van der Waals surface area contributed by atoms with E-state index in [2.05, 4.69) is 29.2 Å². The Morgan fingerprint density at radius 3 is 2.78 bits per heavy atom. The van der Waals surface area contributed by atoms with Gasteiger partial charge in [-0.25, -0.2) is 0 Å². The zero-order valence-corrected chi connectivity index (χ0v) is 11.3. The quantitative estimate of drug-likeness (QED) is 0.779. The van der Waals surface area contributed by atoms with Crippen molar-refractivity contribution in [2.45, 2.75) is 39.5 Å². The number of carbonyl (C=O) groups is 1. The zero-order chi connectivity index (χ0) is 13.7. The van der Waals surface area contributed by atoms with Gasteiger partial charge in [0.25, 0.3) is 5.91 Å². The second-order valence-corrected chi connectivity index (χ2v) is 4.41. The van der Waals surface area contributed by atoms with Crippen LogP contribution >= 0.6 is 0 Å². The maximum absolute atomic E-state index is 11.9. The molecule has 0 saturated carbocycles. The van der Waals surface area contributed by atoms with Gasteiger partial charge in [0, 0.05) is 18.2 Å². The van der Waals surface area contributed by atoms with Gasteiger partial charge in [0.1, 0.15) is 6.61 Å². The molecule has 1 aromatic heterocycles. The minimum Gasteiger partial charge on any atom is -0.388 e. The highest BCUT2D eigenvalue weighted by Crippen LogP contribution is 2.06. The predicted molar refractivity (Wildman–Crippen MR) is 67.1 cm³/mol. The van der Waals surface area contributed by atoms with Gasteiger partial charge in [0.2, 0.25) is 0 Å². The fourth-order valence-corrected chi connectivity index (χ4v) is 1.57. The van der Waals surface area contributed by atoms with Crippen LogP contribution in [0.5, 0.6) is 0 Å². The highest BCUT2D eigenvalue weighted by Gasteiger charge is 2.20. The summed E-state index contributed by atoms with van der Waals surface area (Å²) in [5.74, 6) is -0.00571. The van der Waals surface area contributed by atoms with E-state index in [4.69, 9.17) is 9.63 Å². The maximum atomic E-state index is 11.9. The van der Waals surface area contributed by atoms with Gasteiger partial charge >= 0.3 is 0 Å². The summed E-state index contributed by atoms with van der Waals surface area (Å²) in [6, 6.07) is 1.66. The van der Waals surface area contributed by atoms with Crippen LogP contribution < -0.4 is 5.32 Å². The first-order valence-electron chi connectivity index (χ1n) is 6.07. The van der Waals surface area contributed by atoms with E-state index in [9.17, 15) is 4.79 Å². The van der Waals surface area contributed by atoms with Crippen molar-refractivity contribution in [3.8, 4) is 0 Å². The molecule has 1 aromatic rings. The lowest BCUT2D eigenvalue weighted by Crippen LogP contribution is -2.47. The molecule has 0 aliphatic rings. The fourth-order valence-electron chi connectivity index (χ4n) is 1.57. The number of carbonyl (C=O) groups excluding carboxylic acids is 1. The molecule has 0 aromatic carbocycles. The molecule has 0 fully saturated rings. The number of hydrogen-bond donors (Lipinski definition) is 2. The van der Waals surface area contributed by atoms with E-state index in [-0.39, 0.29) is 36.1 Å². The molecule has 0 aliphatic carbocycles. The molecule has 102 valence electrons. The van der Waals surface area contributed by atoms with E-state index < -0.39 is 0 Å².